The lowest BCUT2D eigenvalue weighted by Gasteiger charge is -2.18. The van der Waals surface area contributed by atoms with E-state index in [0.29, 0.717) is 16.5 Å². The van der Waals surface area contributed by atoms with Crippen molar-refractivity contribution in [3.05, 3.63) is 58.9 Å². The maximum atomic E-state index is 13.5. The van der Waals surface area contributed by atoms with Crippen LogP contribution in [-0.2, 0) is 14.6 Å². The topological polar surface area (TPSA) is 84.8 Å². The summed E-state index contributed by atoms with van der Waals surface area (Å²) in [6.07, 6.45) is 0.0738. The molecule has 0 radical (unpaired) electrons. The van der Waals surface area contributed by atoms with Gasteiger partial charge >= 0.3 is 0 Å². The molecule has 1 amide bonds. The fourth-order valence-corrected chi connectivity index (χ4v) is 4.12. The van der Waals surface area contributed by atoms with Crippen LogP contribution in [0.2, 0.25) is 5.02 Å². The van der Waals surface area contributed by atoms with Crippen molar-refractivity contribution in [1.82, 2.24) is 5.43 Å². The van der Waals surface area contributed by atoms with Gasteiger partial charge in [-0.1, -0.05) is 23.7 Å². The van der Waals surface area contributed by atoms with Crippen molar-refractivity contribution >= 4 is 33.1 Å². The zero-order valence-electron chi connectivity index (χ0n) is 13.4. The van der Waals surface area contributed by atoms with Gasteiger partial charge in [-0.15, -0.1) is 0 Å². The lowest BCUT2D eigenvalue weighted by Crippen LogP contribution is -2.29. The SMILES string of the molecule is O=C(COc1ccccc1Cl)N/N=C1/CCS(=O)(=O)c2ccc(F)cc21. The standard InChI is InChI=1S/C17H14ClFN2O4S/c18-13-3-1-2-4-15(13)25-10-17(22)21-20-14-7-8-26(23,24)16-6-5-11(19)9-12(14)16/h1-6,9H,7-8,10H2,(H,21,22)/b20-14-. The monoisotopic (exact) mass is 396 g/mol. The zero-order chi connectivity index (χ0) is 18.7. The van der Waals surface area contributed by atoms with Crippen LogP contribution in [0.4, 0.5) is 4.39 Å². The molecule has 9 heteroatoms. The van der Waals surface area contributed by atoms with Crippen LogP contribution < -0.4 is 10.2 Å². The third-order valence-corrected chi connectivity index (χ3v) is 5.79. The van der Waals surface area contributed by atoms with E-state index in [2.05, 4.69) is 10.5 Å². The molecule has 0 atom stereocenters. The number of nitrogens with one attached hydrogen (secondary N) is 1. The second-order valence-corrected chi connectivity index (χ2v) is 8.01. The van der Waals surface area contributed by atoms with E-state index in [4.69, 9.17) is 16.3 Å². The van der Waals surface area contributed by atoms with E-state index < -0.39 is 21.6 Å². The first-order valence-electron chi connectivity index (χ1n) is 7.62. The quantitative estimate of drug-likeness (QED) is 0.635. The highest BCUT2D eigenvalue weighted by Crippen LogP contribution is 2.26. The molecule has 0 unspecified atom stereocenters. The van der Waals surface area contributed by atoms with Crippen LogP contribution in [0.5, 0.6) is 5.75 Å². The number of rotatable bonds is 4. The van der Waals surface area contributed by atoms with Gasteiger partial charge in [-0.3, -0.25) is 4.79 Å². The molecule has 136 valence electrons. The molecule has 0 spiro atoms. The largest absolute Gasteiger partial charge is 0.482 e. The molecule has 0 fully saturated rings. The average molecular weight is 397 g/mol. The molecule has 1 aliphatic rings. The molecular formula is C17H14ClFN2O4S. The van der Waals surface area contributed by atoms with Crippen molar-refractivity contribution in [2.75, 3.05) is 12.4 Å². The number of carbonyl (C=O) groups is 1. The van der Waals surface area contributed by atoms with Gasteiger partial charge in [0.25, 0.3) is 5.91 Å². The summed E-state index contributed by atoms with van der Waals surface area (Å²) in [5.74, 6) is -0.935. The van der Waals surface area contributed by atoms with Gasteiger partial charge in [0.2, 0.25) is 0 Å². The zero-order valence-corrected chi connectivity index (χ0v) is 15.0. The first-order chi connectivity index (χ1) is 12.4. The molecule has 1 heterocycles. The number of halogens is 2. The summed E-state index contributed by atoms with van der Waals surface area (Å²) < 4.78 is 42.9. The molecule has 0 saturated heterocycles. The highest BCUT2D eigenvalue weighted by atomic mass is 35.5. The molecule has 1 N–H and O–H groups in total. The van der Waals surface area contributed by atoms with E-state index >= 15 is 0 Å². The number of sulfone groups is 1. The summed E-state index contributed by atoms with van der Waals surface area (Å²) >= 11 is 5.93. The van der Waals surface area contributed by atoms with Crippen molar-refractivity contribution in [2.45, 2.75) is 11.3 Å². The summed E-state index contributed by atoms with van der Waals surface area (Å²) in [4.78, 5) is 11.9. The Balaban J connectivity index is 1.72. The highest BCUT2D eigenvalue weighted by molar-refractivity contribution is 7.91. The lowest BCUT2D eigenvalue weighted by molar-refractivity contribution is -0.123. The fourth-order valence-electron chi connectivity index (χ4n) is 2.46. The van der Waals surface area contributed by atoms with E-state index in [-0.39, 0.29) is 29.2 Å². The summed E-state index contributed by atoms with van der Waals surface area (Å²) in [6, 6.07) is 10.1. The van der Waals surface area contributed by atoms with Gasteiger partial charge in [0, 0.05) is 12.0 Å². The minimum Gasteiger partial charge on any atom is -0.482 e. The first kappa shape index (κ1) is 18.3. The predicted molar refractivity (Wildman–Crippen MR) is 94.7 cm³/mol. The number of benzene rings is 2. The second kappa shape index (κ2) is 7.43. The van der Waals surface area contributed by atoms with E-state index in [0.717, 1.165) is 12.1 Å². The van der Waals surface area contributed by atoms with Gasteiger partial charge in [-0.25, -0.2) is 18.2 Å². The van der Waals surface area contributed by atoms with E-state index in [9.17, 15) is 17.6 Å². The molecule has 1 aliphatic heterocycles. The number of hydrogen-bond donors (Lipinski definition) is 1. The number of nitrogens with zero attached hydrogens (tertiary/aromatic N) is 1. The normalized spacial score (nSPS) is 16.8. The number of carbonyl (C=O) groups excluding carboxylic acids is 1. The molecule has 26 heavy (non-hydrogen) atoms. The van der Waals surface area contributed by atoms with E-state index in [1.807, 2.05) is 0 Å². The van der Waals surface area contributed by atoms with Crippen molar-refractivity contribution in [2.24, 2.45) is 5.10 Å². The van der Waals surface area contributed by atoms with Crippen LogP contribution >= 0.6 is 11.6 Å². The van der Waals surface area contributed by atoms with Gasteiger partial charge in [0.05, 0.1) is 21.4 Å². The van der Waals surface area contributed by atoms with Gasteiger partial charge in [0.1, 0.15) is 11.6 Å². The van der Waals surface area contributed by atoms with Gasteiger partial charge in [0.15, 0.2) is 16.4 Å². The first-order valence-corrected chi connectivity index (χ1v) is 9.65. The number of amides is 1. The molecule has 3 rings (SSSR count). The Labute approximate surface area is 154 Å². The number of fused-ring (bicyclic) bond motifs is 1. The Morgan fingerprint density at radius 1 is 1.27 bits per heavy atom. The maximum absolute atomic E-state index is 13.5. The van der Waals surface area contributed by atoms with E-state index in [1.54, 1.807) is 24.3 Å². The van der Waals surface area contributed by atoms with Gasteiger partial charge in [-0.2, -0.15) is 5.10 Å². The van der Waals surface area contributed by atoms with Crippen molar-refractivity contribution < 1.29 is 22.3 Å². The Bertz CT molecular complexity index is 992. The molecule has 2 aromatic carbocycles. The number of hydrazone groups is 1. The number of para-hydroxylation sites is 1. The summed E-state index contributed by atoms with van der Waals surface area (Å²) in [5.41, 5.74) is 2.74. The minimum absolute atomic E-state index is 0.00506. The number of ether oxygens (including phenoxy) is 1. The smallest absolute Gasteiger partial charge is 0.277 e. The molecule has 0 aliphatic carbocycles. The van der Waals surface area contributed by atoms with Crippen LogP contribution in [0.1, 0.15) is 12.0 Å². The summed E-state index contributed by atoms with van der Waals surface area (Å²) in [7, 11) is -3.48. The highest BCUT2D eigenvalue weighted by Gasteiger charge is 2.28. The van der Waals surface area contributed by atoms with Crippen LogP contribution in [0.3, 0.4) is 0 Å². The third-order valence-electron chi connectivity index (χ3n) is 3.71. The van der Waals surface area contributed by atoms with Crippen LogP contribution in [0, 0.1) is 5.82 Å². The molecule has 0 bridgehead atoms. The third kappa shape index (κ3) is 4.03. The van der Waals surface area contributed by atoms with Crippen molar-refractivity contribution in [1.29, 1.82) is 0 Å². The molecule has 6 nitrogen and oxygen atoms in total. The van der Waals surface area contributed by atoms with E-state index in [1.165, 1.54) is 6.07 Å². The minimum atomic E-state index is -3.48. The molecule has 0 saturated carbocycles. The predicted octanol–water partition coefficient (Wildman–Crippen LogP) is 2.56. The second-order valence-electron chi connectivity index (χ2n) is 5.52. The van der Waals surface area contributed by atoms with Crippen LogP contribution in [0.25, 0.3) is 0 Å². The maximum Gasteiger partial charge on any atom is 0.277 e. The Morgan fingerprint density at radius 2 is 2.04 bits per heavy atom. The van der Waals surface area contributed by atoms with Gasteiger partial charge < -0.3 is 4.74 Å². The number of hydrogen-bond acceptors (Lipinski definition) is 5. The fraction of sp³-hybridized carbons (Fsp3) is 0.176. The summed E-state index contributed by atoms with van der Waals surface area (Å²) in [5, 5.41) is 4.31. The average Bonchev–Trinajstić information content (AvgIpc) is 2.60. The Hall–Kier alpha value is -2.45. The van der Waals surface area contributed by atoms with Gasteiger partial charge in [-0.05, 0) is 30.3 Å². The molecule has 0 aromatic heterocycles. The summed E-state index contributed by atoms with van der Waals surface area (Å²) in [6.45, 7) is -0.325. The Kier molecular flexibility index (Phi) is 5.24. The van der Waals surface area contributed by atoms with Crippen LogP contribution in [0.15, 0.2) is 52.5 Å². The lowest BCUT2D eigenvalue weighted by atomic mass is 10.1. The van der Waals surface area contributed by atoms with Crippen molar-refractivity contribution in [3.8, 4) is 5.75 Å². The Morgan fingerprint density at radius 3 is 2.81 bits per heavy atom. The van der Waals surface area contributed by atoms with Crippen LogP contribution in [-0.4, -0.2) is 32.4 Å². The molecular weight excluding hydrogens is 383 g/mol. The molecule has 2 aromatic rings. The van der Waals surface area contributed by atoms with Crippen molar-refractivity contribution in [3.63, 3.8) is 0 Å².